The third-order valence-electron chi connectivity index (χ3n) is 4.18. The van der Waals surface area contributed by atoms with Crippen molar-refractivity contribution in [1.29, 1.82) is 0 Å². The first-order valence-electron chi connectivity index (χ1n) is 9.00. The molecule has 1 N–H and O–H groups in total. The molecule has 0 atom stereocenters. The average molecular weight is 493 g/mol. The van der Waals surface area contributed by atoms with Crippen LogP contribution in [0.25, 0.3) is 11.3 Å². The molecule has 0 aliphatic carbocycles. The van der Waals surface area contributed by atoms with Gasteiger partial charge in [0.2, 0.25) is 0 Å². The van der Waals surface area contributed by atoms with E-state index in [1.807, 2.05) is 30.5 Å². The Bertz CT molecular complexity index is 1050. The summed E-state index contributed by atoms with van der Waals surface area (Å²) >= 11 is 4.77. The standard InChI is InChI=1S/C21H21BrN2O5S/c1-5-29-19-14(22)8-13(10-18(19)28-4)20(25)24-21-23-15(11-30-21)12-6-7-16(26-2)17(9-12)27-3/h6-11H,5H2,1-4H3,(H,23,24,25). The van der Waals surface area contributed by atoms with Gasteiger partial charge in [0.1, 0.15) is 0 Å². The quantitative estimate of drug-likeness (QED) is 0.462. The maximum Gasteiger partial charge on any atom is 0.257 e. The molecule has 0 bridgehead atoms. The zero-order valence-electron chi connectivity index (χ0n) is 16.9. The molecule has 2 aromatic carbocycles. The number of hydrogen-bond donors (Lipinski definition) is 1. The van der Waals surface area contributed by atoms with Gasteiger partial charge >= 0.3 is 0 Å². The number of hydrogen-bond acceptors (Lipinski definition) is 7. The van der Waals surface area contributed by atoms with Crippen LogP contribution >= 0.6 is 27.3 Å². The van der Waals surface area contributed by atoms with Gasteiger partial charge in [-0.05, 0) is 53.2 Å². The molecule has 0 unspecified atom stereocenters. The number of carbonyl (C=O) groups is 1. The van der Waals surface area contributed by atoms with Crippen molar-refractivity contribution in [3.8, 4) is 34.3 Å². The van der Waals surface area contributed by atoms with Crippen molar-refractivity contribution in [2.45, 2.75) is 6.92 Å². The van der Waals surface area contributed by atoms with E-state index in [4.69, 9.17) is 18.9 Å². The molecule has 3 aromatic rings. The zero-order valence-corrected chi connectivity index (χ0v) is 19.3. The number of aromatic nitrogens is 1. The van der Waals surface area contributed by atoms with Crippen LogP contribution in [-0.4, -0.2) is 38.8 Å². The Balaban J connectivity index is 1.81. The highest BCUT2D eigenvalue weighted by Crippen LogP contribution is 2.37. The van der Waals surface area contributed by atoms with E-state index >= 15 is 0 Å². The van der Waals surface area contributed by atoms with Crippen LogP contribution in [-0.2, 0) is 0 Å². The molecule has 1 aromatic heterocycles. The summed E-state index contributed by atoms with van der Waals surface area (Å²) in [6, 6.07) is 8.86. The average Bonchev–Trinajstić information content (AvgIpc) is 3.22. The van der Waals surface area contributed by atoms with Gasteiger partial charge in [0, 0.05) is 16.5 Å². The van der Waals surface area contributed by atoms with Gasteiger partial charge in [-0.3, -0.25) is 10.1 Å². The second kappa shape index (κ2) is 9.82. The maximum atomic E-state index is 12.7. The van der Waals surface area contributed by atoms with E-state index in [9.17, 15) is 4.79 Å². The van der Waals surface area contributed by atoms with Crippen LogP contribution in [0.4, 0.5) is 5.13 Å². The Morgan fingerprint density at radius 2 is 1.80 bits per heavy atom. The van der Waals surface area contributed by atoms with Crippen LogP contribution < -0.4 is 24.3 Å². The summed E-state index contributed by atoms with van der Waals surface area (Å²) in [6.45, 7) is 2.36. The van der Waals surface area contributed by atoms with E-state index in [2.05, 4.69) is 26.2 Å². The fraction of sp³-hybridized carbons (Fsp3) is 0.238. The van der Waals surface area contributed by atoms with E-state index in [0.29, 0.717) is 44.8 Å². The second-order valence-corrected chi connectivity index (χ2v) is 7.70. The molecular weight excluding hydrogens is 472 g/mol. The first kappa shape index (κ1) is 21.9. The highest BCUT2D eigenvalue weighted by atomic mass is 79.9. The first-order chi connectivity index (χ1) is 14.5. The number of thiazole rings is 1. The van der Waals surface area contributed by atoms with Crippen LogP contribution in [0.5, 0.6) is 23.0 Å². The van der Waals surface area contributed by atoms with Gasteiger partial charge in [-0.25, -0.2) is 4.98 Å². The number of carbonyl (C=O) groups excluding carboxylic acids is 1. The lowest BCUT2D eigenvalue weighted by Crippen LogP contribution is -2.12. The summed E-state index contributed by atoms with van der Waals surface area (Å²) in [5.74, 6) is 1.98. The van der Waals surface area contributed by atoms with Gasteiger partial charge in [0.05, 0.1) is 38.1 Å². The van der Waals surface area contributed by atoms with Gasteiger partial charge < -0.3 is 18.9 Å². The van der Waals surface area contributed by atoms with Gasteiger partial charge in [-0.1, -0.05) is 0 Å². The number of benzene rings is 2. The van der Waals surface area contributed by atoms with E-state index < -0.39 is 0 Å². The summed E-state index contributed by atoms with van der Waals surface area (Å²) in [5.41, 5.74) is 2.00. The lowest BCUT2D eigenvalue weighted by Gasteiger charge is -2.13. The lowest BCUT2D eigenvalue weighted by molar-refractivity contribution is 0.102. The smallest absolute Gasteiger partial charge is 0.257 e. The summed E-state index contributed by atoms with van der Waals surface area (Å²) < 4.78 is 22.2. The van der Waals surface area contributed by atoms with Crippen molar-refractivity contribution in [1.82, 2.24) is 4.98 Å². The highest BCUT2D eigenvalue weighted by Gasteiger charge is 2.17. The molecule has 0 saturated carbocycles. The normalized spacial score (nSPS) is 10.4. The van der Waals surface area contributed by atoms with Crippen LogP contribution in [0, 0.1) is 0 Å². The van der Waals surface area contributed by atoms with Gasteiger partial charge in [0.15, 0.2) is 28.1 Å². The molecule has 0 fully saturated rings. The van der Waals surface area contributed by atoms with E-state index in [0.717, 1.165) is 11.3 Å². The third-order valence-corrected chi connectivity index (χ3v) is 5.53. The molecule has 0 spiro atoms. The number of anilines is 1. The topological polar surface area (TPSA) is 78.9 Å². The fourth-order valence-electron chi connectivity index (χ4n) is 2.76. The Kier molecular flexibility index (Phi) is 7.17. The highest BCUT2D eigenvalue weighted by molar-refractivity contribution is 9.10. The van der Waals surface area contributed by atoms with E-state index in [-0.39, 0.29) is 5.91 Å². The predicted molar refractivity (Wildman–Crippen MR) is 120 cm³/mol. The summed E-state index contributed by atoms with van der Waals surface area (Å²) in [6.07, 6.45) is 0. The molecule has 158 valence electrons. The van der Waals surface area contributed by atoms with Crippen LogP contribution in [0.15, 0.2) is 40.2 Å². The Hall–Kier alpha value is -2.78. The summed E-state index contributed by atoms with van der Waals surface area (Å²) in [7, 11) is 4.70. The largest absolute Gasteiger partial charge is 0.493 e. The van der Waals surface area contributed by atoms with Crippen LogP contribution in [0.2, 0.25) is 0 Å². The summed E-state index contributed by atoms with van der Waals surface area (Å²) in [4.78, 5) is 17.2. The number of nitrogens with zero attached hydrogens (tertiary/aromatic N) is 1. The molecule has 0 saturated heterocycles. The second-order valence-electron chi connectivity index (χ2n) is 5.98. The van der Waals surface area contributed by atoms with Crippen molar-refractivity contribution in [2.75, 3.05) is 33.3 Å². The molecule has 0 aliphatic heterocycles. The summed E-state index contributed by atoms with van der Waals surface area (Å²) in [5, 5.41) is 5.17. The lowest BCUT2D eigenvalue weighted by atomic mass is 10.1. The number of ether oxygens (including phenoxy) is 4. The minimum Gasteiger partial charge on any atom is -0.493 e. The number of rotatable bonds is 8. The minimum absolute atomic E-state index is 0.301. The van der Waals surface area contributed by atoms with Crippen molar-refractivity contribution in [3.05, 3.63) is 45.7 Å². The molecule has 1 amide bonds. The fourth-order valence-corrected chi connectivity index (χ4v) is 4.04. The van der Waals surface area contributed by atoms with Crippen molar-refractivity contribution < 1.29 is 23.7 Å². The third kappa shape index (κ3) is 4.68. The molecule has 3 rings (SSSR count). The maximum absolute atomic E-state index is 12.7. The predicted octanol–water partition coefficient (Wildman–Crippen LogP) is 5.25. The van der Waals surface area contributed by atoms with E-state index in [1.54, 1.807) is 26.4 Å². The SMILES string of the molecule is CCOc1c(Br)cc(C(=O)Nc2nc(-c3ccc(OC)c(OC)c3)cs2)cc1OC. The molecule has 30 heavy (non-hydrogen) atoms. The molecule has 0 aliphatic rings. The molecule has 9 heteroatoms. The monoisotopic (exact) mass is 492 g/mol. The van der Waals surface area contributed by atoms with Crippen molar-refractivity contribution >= 4 is 38.3 Å². The number of halogens is 1. The Morgan fingerprint density at radius 3 is 2.47 bits per heavy atom. The molecular formula is C21H21BrN2O5S. The number of nitrogens with one attached hydrogen (secondary N) is 1. The molecule has 7 nitrogen and oxygen atoms in total. The van der Waals surface area contributed by atoms with Crippen LogP contribution in [0.1, 0.15) is 17.3 Å². The van der Waals surface area contributed by atoms with Gasteiger partial charge in [0.25, 0.3) is 5.91 Å². The first-order valence-corrected chi connectivity index (χ1v) is 10.7. The molecule has 0 radical (unpaired) electrons. The van der Waals surface area contributed by atoms with Crippen molar-refractivity contribution in [3.63, 3.8) is 0 Å². The zero-order chi connectivity index (χ0) is 21.7. The number of amides is 1. The van der Waals surface area contributed by atoms with Gasteiger partial charge in [-0.2, -0.15) is 0 Å². The molecule has 1 heterocycles. The Morgan fingerprint density at radius 1 is 1.07 bits per heavy atom. The van der Waals surface area contributed by atoms with Crippen LogP contribution in [0.3, 0.4) is 0 Å². The Labute approximate surface area is 187 Å². The minimum atomic E-state index is -0.301. The van der Waals surface area contributed by atoms with E-state index in [1.165, 1.54) is 18.4 Å². The van der Waals surface area contributed by atoms with Crippen molar-refractivity contribution in [2.24, 2.45) is 0 Å². The number of methoxy groups -OCH3 is 3. The van der Waals surface area contributed by atoms with Gasteiger partial charge in [-0.15, -0.1) is 11.3 Å².